The van der Waals surface area contributed by atoms with Crippen LogP contribution in [0.25, 0.3) is 10.9 Å². The highest BCUT2D eigenvalue weighted by Crippen LogP contribution is 2.27. The summed E-state index contributed by atoms with van der Waals surface area (Å²) in [6.45, 7) is 2.45. The molecule has 2 N–H and O–H groups in total. The number of ether oxygens (including phenoxy) is 1. The maximum absolute atomic E-state index is 12.1. The molecule has 0 atom stereocenters. The van der Waals surface area contributed by atoms with Crippen LogP contribution in [-0.4, -0.2) is 22.4 Å². The zero-order chi connectivity index (χ0) is 16.2. The molecule has 6 nitrogen and oxygen atoms in total. The van der Waals surface area contributed by atoms with E-state index < -0.39 is 0 Å². The zero-order valence-corrected chi connectivity index (χ0v) is 13.0. The van der Waals surface area contributed by atoms with E-state index in [-0.39, 0.29) is 6.03 Å². The highest BCUT2D eigenvalue weighted by atomic mass is 16.5. The molecule has 0 fully saturated rings. The van der Waals surface area contributed by atoms with Crippen molar-refractivity contribution in [3.05, 3.63) is 48.5 Å². The van der Waals surface area contributed by atoms with Crippen LogP contribution >= 0.6 is 0 Å². The lowest BCUT2D eigenvalue weighted by Gasteiger charge is -2.08. The Balaban J connectivity index is 1.80. The second-order valence-corrected chi connectivity index (χ2v) is 5.04. The normalized spacial score (nSPS) is 10.5. The van der Waals surface area contributed by atoms with Gasteiger partial charge in [-0.05, 0) is 37.3 Å². The van der Waals surface area contributed by atoms with Crippen LogP contribution in [0, 0.1) is 0 Å². The number of hydrogen-bond acceptors (Lipinski definition) is 3. The van der Waals surface area contributed by atoms with Crippen molar-refractivity contribution in [2.24, 2.45) is 7.05 Å². The first-order valence-electron chi connectivity index (χ1n) is 7.40. The van der Waals surface area contributed by atoms with Gasteiger partial charge in [-0.2, -0.15) is 0 Å². The summed E-state index contributed by atoms with van der Waals surface area (Å²) in [6, 6.07) is 14.6. The third-order valence-electron chi connectivity index (χ3n) is 3.39. The predicted octanol–water partition coefficient (Wildman–Crippen LogP) is 3.62. The minimum absolute atomic E-state index is 0.294. The summed E-state index contributed by atoms with van der Waals surface area (Å²) in [5.74, 6) is 0.567. The monoisotopic (exact) mass is 310 g/mol. The van der Waals surface area contributed by atoms with Gasteiger partial charge in [-0.1, -0.05) is 18.2 Å². The Labute approximate surface area is 134 Å². The van der Waals surface area contributed by atoms with Gasteiger partial charge in [-0.25, -0.2) is 4.79 Å². The number of fused-ring (bicyclic) bond motifs is 1. The predicted molar refractivity (Wildman–Crippen MR) is 91.0 cm³/mol. The third-order valence-corrected chi connectivity index (χ3v) is 3.39. The van der Waals surface area contributed by atoms with Gasteiger partial charge in [0, 0.05) is 18.4 Å². The van der Waals surface area contributed by atoms with E-state index in [2.05, 4.69) is 15.7 Å². The van der Waals surface area contributed by atoms with Gasteiger partial charge in [0.1, 0.15) is 0 Å². The van der Waals surface area contributed by atoms with E-state index in [1.165, 1.54) is 0 Å². The molecule has 3 rings (SSSR count). The Bertz CT molecular complexity index is 827. The van der Waals surface area contributed by atoms with Crippen LogP contribution in [-0.2, 0) is 7.05 Å². The molecule has 6 heteroatoms. The number of hydrogen-bond donors (Lipinski definition) is 2. The van der Waals surface area contributed by atoms with Crippen molar-refractivity contribution in [3.8, 4) is 5.88 Å². The summed E-state index contributed by atoms with van der Waals surface area (Å²) in [5, 5.41) is 10.8. The van der Waals surface area contributed by atoms with Crippen LogP contribution in [0.3, 0.4) is 0 Å². The quantitative estimate of drug-likeness (QED) is 0.773. The number of nitrogens with zero attached hydrogens (tertiary/aromatic N) is 2. The smallest absolute Gasteiger partial charge is 0.323 e. The van der Waals surface area contributed by atoms with E-state index in [1.54, 1.807) is 4.68 Å². The maximum Gasteiger partial charge on any atom is 0.323 e. The number of carbonyl (C=O) groups excluding carboxylic acids is 1. The topological polar surface area (TPSA) is 68.2 Å². The summed E-state index contributed by atoms with van der Waals surface area (Å²) in [4.78, 5) is 12.1. The van der Waals surface area contributed by atoms with Crippen LogP contribution in [0.15, 0.2) is 48.5 Å². The van der Waals surface area contributed by atoms with Gasteiger partial charge >= 0.3 is 6.03 Å². The Morgan fingerprint density at radius 3 is 2.61 bits per heavy atom. The number of aromatic nitrogens is 2. The molecule has 0 aliphatic carbocycles. The second kappa shape index (κ2) is 6.39. The highest BCUT2D eigenvalue weighted by molar-refractivity contribution is 6.01. The van der Waals surface area contributed by atoms with Crippen LogP contribution in [0.1, 0.15) is 6.92 Å². The first kappa shape index (κ1) is 14.9. The molecule has 23 heavy (non-hydrogen) atoms. The maximum atomic E-state index is 12.1. The Kier molecular flexibility index (Phi) is 4.14. The molecule has 0 saturated carbocycles. The molecule has 2 aromatic carbocycles. The van der Waals surface area contributed by atoms with Crippen molar-refractivity contribution in [1.82, 2.24) is 9.78 Å². The molecule has 0 aliphatic rings. The first-order chi connectivity index (χ1) is 11.2. The minimum Gasteiger partial charge on any atom is -0.476 e. The average Bonchev–Trinajstić information content (AvgIpc) is 2.84. The molecule has 0 bridgehead atoms. The first-order valence-corrected chi connectivity index (χ1v) is 7.40. The lowest BCUT2D eigenvalue weighted by molar-refractivity contribution is 0.262. The van der Waals surface area contributed by atoms with E-state index in [9.17, 15) is 4.79 Å². The number of urea groups is 1. The zero-order valence-electron chi connectivity index (χ0n) is 13.0. The summed E-state index contributed by atoms with van der Waals surface area (Å²) in [5.41, 5.74) is 2.37. The third kappa shape index (κ3) is 3.26. The number of benzene rings is 2. The minimum atomic E-state index is -0.294. The van der Waals surface area contributed by atoms with E-state index >= 15 is 0 Å². The Morgan fingerprint density at radius 2 is 1.87 bits per heavy atom. The fraction of sp³-hybridized carbons (Fsp3) is 0.176. The standard InChI is InChI=1S/C17H18N4O2/c1-3-23-16-14-11-13(9-10-15(14)21(2)20-16)19-17(22)18-12-7-5-4-6-8-12/h4-11H,3H2,1-2H3,(H2,18,19,22). The van der Waals surface area contributed by atoms with Gasteiger partial charge in [0.05, 0.1) is 17.5 Å². The van der Waals surface area contributed by atoms with Crippen molar-refractivity contribution >= 4 is 28.3 Å². The van der Waals surface area contributed by atoms with Crippen LogP contribution in [0.4, 0.5) is 16.2 Å². The molecule has 0 unspecified atom stereocenters. The molecular formula is C17H18N4O2. The molecular weight excluding hydrogens is 292 g/mol. The Hall–Kier alpha value is -3.02. The average molecular weight is 310 g/mol. The number of para-hydroxylation sites is 1. The highest BCUT2D eigenvalue weighted by Gasteiger charge is 2.11. The number of aryl methyl sites for hydroxylation is 1. The molecule has 1 aromatic heterocycles. The number of amides is 2. The lowest BCUT2D eigenvalue weighted by atomic mass is 10.2. The summed E-state index contributed by atoms with van der Waals surface area (Å²) < 4.78 is 7.29. The van der Waals surface area contributed by atoms with Gasteiger partial charge in [0.15, 0.2) is 0 Å². The summed E-state index contributed by atoms with van der Waals surface area (Å²) in [7, 11) is 1.86. The fourth-order valence-electron chi connectivity index (χ4n) is 2.37. The SMILES string of the molecule is CCOc1nn(C)c2ccc(NC(=O)Nc3ccccc3)cc12. The number of rotatable bonds is 4. The molecule has 0 spiro atoms. The van der Waals surface area contributed by atoms with Crippen molar-refractivity contribution in [1.29, 1.82) is 0 Å². The van der Waals surface area contributed by atoms with Gasteiger partial charge < -0.3 is 15.4 Å². The van der Waals surface area contributed by atoms with Crippen LogP contribution in [0.5, 0.6) is 5.88 Å². The van der Waals surface area contributed by atoms with Gasteiger partial charge in [-0.3, -0.25) is 4.68 Å². The molecule has 0 aliphatic heterocycles. The van der Waals surface area contributed by atoms with Crippen molar-refractivity contribution in [2.45, 2.75) is 6.92 Å². The molecule has 3 aromatic rings. The van der Waals surface area contributed by atoms with Crippen molar-refractivity contribution in [3.63, 3.8) is 0 Å². The van der Waals surface area contributed by atoms with E-state index in [4.69, 9.17) is 4.74 Å². The van der Waals surface area contributed by atoms with E-state index in [1.807, 2.05) is 62.5 Å². The number of carbonyl (C=O) groups is 1. The summed E-state index contributed by atoms with van der Waals surface area (Å²) in [6.07, 6.45) is 0. The molecule has 0 radical (unpaired) electrons. The Morgan fingerprint density at radius 1 is 1.13 bits per heavy atom. The number of anilines is 2. The summed E-state index contributed by atoms with van der Waals surface area (Å²) >= 11 is 0. The second-order valence-electron chi connectivity index (χ2n) is 5.04. The van der Waals surface area contributed by atoms with Crippen LogP contribution < -0.4 is 15.4 Å². The molecule has 0 saturated heterocycles. The largest absolute Gasteiger partial charge is 0.476 e. The van der Waals surface area contributed by atoms with Gasteiger partial charge in [0.2, 0.25) is 5.88 Å². The van der Waals surface area contributed by atoms with E-state index in [0.29, 0.717) is 18.2 Å². The van der Waals surface area contributed by atoms with Crippen LogP contribution in [0.2, 0.25) is 0 Å². The van der Waals surface area contributed by atoms with Gasteiger partial charge in [0.25, 0.3) is 0 Å². The van der Waals surface area contributed by atoms with E-state index in [0.717, 1.165) is 16.6 Å². The molecule has 118 valence electrons. The molecule has 1 heterocycles. The van der Waals surface area contributed by atoms with Crippen molar-refractivity contribution < 1.29 is 9.53 Å². The van der Waals surface area contributed by atoms with Gasteiger partial charge in [-0.15, -0.1) is 5.10 Å². The lowest BCUT2D eigenvalue weighted by Crippen LogP contribution is -2.19. The number of nitrogens with one attached hydrogen (secondary N) is 2. The molecule has 2 amide bonds. The fourth-order valence-corrected chi connectivity index (χ4v) is 2.37. The van der Waals surface area contributed by atoms with Crippen molar-refractivity contribution in [2.75, 3.05) is 17.2 Å².